The first kappa shape index (κ1) is 110. The van der Waals surface area contributed by atoms with Crippen LogP contribution in [0.4, 0.5) is 0 Å². The summed E-state index contributed by atoms with van der Waals surface area (Å²) in [6.45, 7) is 23.6. The Labute approximate surface area is 714 Å². The van der Waals surface area contributed by atoms with Gasteiger partial charge in [-0.1, -0.05) is 6.08 Å². The lowest BCUT2D eigenvalue weighted by Crippen LogP contribution is -2.35. The zero-order chi connectivity index (χ0) is 81.8. The number of rotatable bonds is 98. The van der Waals surface area contributed by atoms with Crippen LogP contribution in [0.25, 0.3) is 0 Å². The molecule has 112 heavy (non-hydrogen) atoms. The van der Waals surface area contributed by atoms with Gasteiger partial charge in [-0.05, 0) is 153 Å². The summed E-state index contributed by atoms with van der Waals surface area (Å²) in [5.74, 6) is 16.5. The highest BCUT2D eigenvalue weighted by Crippen LogP contribution is 2.18. The fourth-order valence-electron chi connectivity index (χ4n) is 9.96. The standard InChI is InChI=1S/C79H155N5O20S8/c1-6-24-81(28-32-93-44-48-101-56-52-97-40-36-89-2)76(85)19-72-109-65-12-8-61-106-69-16-26-83(30-34-95-46-50-103-58-54-99-42-38-91-4)78(87)21-74-111-67-14-10-63-108-71-18-27-84(31-35-96-47-51-104-59-55-100-43-39-92-5)79(88)22-75-112-66-13-9-62-107-70-17-25-82(29-33-94-45-49-102-57-53-98-41-37-90-3)77(86)20-73-110-64-11-7-60-105-68-15-23-80/h6H,1,7-75,80H2,2-5H3/i/hD. The lowest BCUT2D eigenvalue weighted by molar-refractivity contribution is -0.132. The summed E-state index contributed by atoms with van der Waals surface area (Å²) in [5.41, 5.74) is 2.46. The van der Waals surface area contributed by atoms with Gasteiger partial charge in [-0.3, -0.25) is 19.2 Å². The minimum atomic E-state index is 0.121. The van der Waals surface area contributed by atoms with Gasteiger partial charge in [0.1, 0.15) is 1.41 Å². The lowest BCUT2D eigenvalue weighted by atomic mass is 10.3. The number of amides is 4. The third kappa shape index (κ3) is 83.4. The molecule has 0 fully saturated rings. The Morgan fingerprint density at radius 2 is 0.446 bits per heavy atom. The molecule has 0 aromatic carbocycles. The Morgan fingerprint density at radius 1 is 0.259 bits per heavy atom. The molecule has 0 aliphatic heterocycles. The highest BCUT2D eigenvalue weighted by Gasteiger charge is 2.18. The number of methoxy groups -OCH3 is 4. The van der Waals surface area contributed by atoms with Crippen molar-refractivity contribution in [2.45, 2.75) is 103 Å². The SMILES string of the molecule is [2H]NCCCSCCCCSCCC(=O)N(CCCSCCCCSCCC(=O)N(CCCSCCCCSCCC(=O)N(CCCSCCCCSCCC(=O)N(CC=C)CCOCCOCCOCCOC)CCOCCOCCOCCOC)CCOCCOCCOCCOC)CCOCCOCCOCCOC. The van der Waals surface area contributed by atoms with E-state index < -0.39 is 0 Å². The lowest BCUT2D eigenvalue weighted by Gasteiger charge is -2.23. The summed E-state index contributed by atoms with van der Waals surface area (Å²) in [6.07, 6.45) is 16.7. The van der Waals surface area contributed by atoms with Gasteiger partial charge in [-0.25, -0.2) is 0 Å². The molecule has 0 spiro atoms. The van der Waals surface area contributed by atoms with Crippen molar-refractivity contribution in [1.82, 2.24) is 19.6 Å². The fraction of sp³-hybridized carbons (Fsp3) is 0.924. The van der Waals surface area contributed by atoms with Crippen LogP contribution in [-0.2, 0) is 95.0 Å². The summed E-state index contributed by atoms with van der Waals surface area (Å²) >= 11 is 15.2. The van der Waals surface area contributed by atoms with Crippen LogP contribution in [0.2, 0.25) is 1.41 Å². The second kappa shape index (κ2) is 96.2. The van der Waals surface area contributed by atoms with Crippen molar-refractivity contribution < 1.29 is 96.4 Å². The molecule has 0 saturated heterocycles. The van der Waals surface area contributed by atoms with Crippen LogP contribution in [0, 0.1) is 0 Å². The van der Waals surface area contributed by atoms with Crippen LogP contribution in [0.1, 0.15) is 103 Å². The van der Waals surface area contributed by atoms with Crippen molar-refractivity contribution in [3.05, 3.63) is 12.7 Å². The first-order valence-corrected chi connectivity index (χ1v) is 50.4. The predicted molar refractivity (Wildman–Crippen MR) is 475 cm³/mol. The molecule has 664 valence electrons. The molecule has 0 atom stereocenters. The van der Waals surface area contributed by atoms with Gasteiger partial charge in [-0.15, -0.1) is 6.58 Å². The van der Waals surface area contributed by atoms with E-state index in [9.17, 15) is 19.2 Å². The van der Waals surface area contributed by atoms with Gasteiger partial charge in [0.2, 0.25) is 23.6 Å². The second-order valence-corrected chi connectivity index (χ2v) is 35.3. The van der Waals surface area contributed by atoms with Crippen molar-refractivity contribution in [2.75, 3.05) is 364 Å². The predicted octanol–water partition coefficient (Wildman–Crippen LogP) is 10.3. The highest BCUT2D eigenvalue weighted by molar-refractivity contribution is 8.00. The average molecular weight is 1750 g/mol. The average Bonchev–Trinajstić information content (AvgIpc) is 0.962. The monoisotopic (exact) mass is 1750 g/mol. The second-order valence-electron chi connectivity index (χ2n) is 25.5. The maximum absolute atomic E-state index is 13.7. The number of carbonyl (C=O) groups is 4. The Bertz CT molecular complexity index is 2010. The Hall–Kier alpha value is -0.260. The van der Waals surface area contributed by atoms with Crippen molar-refractivity contribution in [2.24, 2.45) is 5.73 Å². The number of unbranched alkanes of at least 4 members (excludes halogenated alkanes) is 4. The van der Waals surface area contributed by atoms with E-state index >= 15 is 0 Å². The van der Waals surface area contributed by atoms with E-state index in [2.05, 4.69) is 12.3 Å². The van der Waals surface area contributed by atoms with Gasteiger partial charge in [0.25, 0.3) is 0 Å². The number of hydrogen-bond donors (Lipinski definition) is 1. The minimum absolute atomic E-state index is 0.121. The molecule has 0 bridgehead atoms. The first-order chi connectivity index (χ1) is 55.8. The topological polar surface area (TPSA) is 255 Å². The van der Waals surface area contributed by atoms with Crippen molar-refractivity contribution >= 4 is 118 Å². The first-order valence-electron chi connectivity index (χ1n) is 41.7. The van der Waals surface area contributed by atoms with Gasteiger partial charge < -0.3 is 101 Å². The molecule has 0 radical (unpaired) electrons. The summed E-state index contributed by atoms with van der Waals surface area (Å²) in [7, 11) is 6.60. The normalized spacial score (nSPS) is 11.7. The molecule has 0 rings (SSSR count). The Kier molecular flexibility index (Phi) is 94.3. The number of ether oxygens (including phenoxy) is 16. The molecule has 4 amide bonds. The maximum Gasteiger partial charge on any atom is 0.223 e. The molecular weight excluding hydrogens is 1600 g/mol. The van der Waals surface area contributed by atoms with E-state index in [0.717, 1.165) is 176 Å². The van der Waals surface area contributed by atoms with Crippen LogP contribution in [0.15, 0.2) is 12.7 Å². The Morgan fingerprint density at radius 3 is 0.670 bits per heavy atom. The molecule has 33 heteroatoms. The quantitative estimate of drug-likeness (QED) is 0.0439. The van der Waals surface area contributed by atoms with Crippen LogP contribution in [-0.4, -0.2) is 408 Å². The molecule has 0 aromatic heterocycles. The fourth-order valence-corrected chi connectivity index (χ4v) is 17.5. The molecule has 0 aliphatic rings. The number of carbonyl (C=O) groups excluding carboxylic acids is 4. The number of nitrogens with zero attached hydrogens (tertiary/aromatic N) is 4. The largest absolute Gasteiger partial charge is 0.382 e. The van der Waals surface area contributed by atoms with Gasteiger partial charge in [-0.2, -0.15) is 94.1 Å². The molecule has 25 nitrogen and oxygen atoms in total. The van der Waals surface area contributed by atoms with E-state index in [-0.39, 0.29) is 23.6 Å². The van der Waals surface area contributed by atoms with Gasteiger partial charge >= 0.3 is 0 Å². The van der Waals surface area contributed by atoms with Crippen LogP contribution < -0.4 is 5.73 Å². The highest BCUT2D eigenvalue weighted by atomic mass is 32.2. The van der Waals surface area contributed by atoms with E-state index in [1.165, 1.54) is 6.42 Å². The maximum atomic E-state index is 13.7. The molecule has 0 aliphatic carbocycles. The minimum Gasteiger partial charge on any atom is -0.382 e. The van der Waals surface area contributed by atoms with Crippen LogP contribution in [0.3, 0.4) is 0 Å². The third-order valence-corrected chi connectivity index (χ3v) is 25.2. The number of nitrogens with two attached hydrogens (primary N) is 1. The smallest absolute Gasteiger partial charge is 0.223 e. The van der Waals surface area contributed by atoms with Gasteiger partial charge in [0.05, 0.1) is 185 Å². The van der Waals surface area contributed by atoms with Crippen LogP contribution >= 0.6 is 94.1 Å². The molecule has 0 heterocycles. The van der Waals surface area contributed by atoms with E-state index in [0.29, 0.717) is 256 Å². The molecule has 2 N–H and O–H groups in total. The van der Waals surface area contributed by atoms with Gasteiger partial charge in [0.15, 0.2) is 0 Å². The molecule has 0 aromatic rings. The summed E-state index contributed by atoms with van der Waals surface area (Å²) in [6, 6.07) is 0. The van der Waals surface area contributed by atoms with Crippen molar-refractivity contribution in [1.29, 1.82) is 0 Å². The molecule has 0 saturated carbocycles. The van der Waals surface area contributed by atoms with Crippen molar-refractivity contribution in [3.63, 3.8) is 0 Å². The van der Waals surface area contributed by atoms with Crippen molar-refractivity contribution in [3.8, 4) is 0 Å². The zero-order valence-electron chi connectivity index (χ0n) is 70.8. The third-order valence-electron chi connectivity index (χ3n) is 16.3. The molecule has 0 unspecified atom stereocenters. The number of thioether (sulfide) groups is 8. The Balaban J connectivity index is 4.89. The van der Waals surface area contributed by atoms with Gasteiger partial charge in [0, 0.05) is 129 Å². The zero-order valence-corrected chi connectivity index (χ0v) is 76.3. The van der Waals surface area contributed by atoms with E-state index in [4.69, 9.17) is 77.2 Å². The van der Waals surface area contributed by atoms with E-state index in [1.54, 1.807) is 34.5 Å². The summed E-state index contributed by atoms with van der Waals surface area (Å²) in [5, 5.41) is 0. The summed E-state index contributed by atoms with van der Waals surface area (Å²) in [4.78, 5) is 61.5. The number of hydrogen-bond acceptors (Lipinski definition) is 29. The summed E-state index contributed by atoms with van der Waals surface area (Å²) < 4.78 is 94.8. The van der Waals surface area contributed by atoms with Crippen LogP contribution in [0.5, 0.6) is 0 Å². The van der Waals surface area contributed by atoms with E-state index in [1.807, 2.05) is 114 Å². The molecular formula is C79H155N5O20S8.